The van der Waals surface area contributed by atoms with Crippen LogP contribution in [0.25, 0.3) is 0 Å². The van der Waals surface area contributed by atoms with Crippen molar-refractivity contribution in [2.75, 3.05) is 26.2 Å². The van der Waals surface area contributed by atoms with E-state index in [4.69, 9.17) is 4.74 Å². The fourth-order valence-electron chi connectivity index (χ4n) is 5.24. The molecular weight excluding hydrogens is 324 g/mol. The molecule has 3 aliphatic heterocycles. The van der Waals surface area contributed by atoms with E-state index >= 15 is 0 Å². The average Bonchev–Trinajstić information content (AvgIpc) is 2.98. The summed E-state index contributed by atoms with van der Waals surface area (Å²) in [4.78, 5) is 0. The van der Waals surface area contributed by atoms with Crippen molar-refractivity contribution in [3.63, 3.8) is 0 Å². The lowest BCUT2D eigenvalue weighted by atomic mass is 9.77. The van der Waals surface area contributed by atoms with Crippen LogP contribution in [0.2, 0.25) is 0 Å². The first-order valence-corrected chi connectivity index (χ1v) is 9.41. The van der Waals surface area contributed by atoms with Crippen LogP contribution >= 0.6 is 12.4 Å². The van der Waals surface area contributed by atoms with Gasteiger partial charge in [-0.15, -0.1) is 12.4 Å². The Labute approximate surface area is 153 Å². The number of rotatable bonds is 1. The third-order valence-electron chi connectivity index (χ3n) is 6.53. The van der Waals surface area contributed by atoms with Gasteiger partial charge in [-0.05, 0) is 31.1 Å². The highest BCUT2D eigenvalue weighted by atomic mass is 35.5. The molecule has 24 heavy (non-hydrogen) atoms. The zero-order valence-electron chi connectivity index (χ0n) is 15.4. The number of hydrogen-bond donors (Lipinski definition) is 3. The molecule has 1 spiro atoms. The molecule has 3 saturated heterocycles. The molecule has 1 aliphatic carbocycles. The Morgan fingerprint density at radius 2 is 1.75 bits per heavy atom. The van der Waals surface area contributed by atoms with Crippen LogP contribution in [0.5, 0.6) is 0 Å². The topological polar surface area (TPSA) is 53.5 Å². The molecule has 0 aromatic carbocycles. The highest BCUT2D eigenvalue weighted by molar-refractivity contribution is 5.85. The van der Waals surface area contributed by atoms with Gasteiger partial charge < -0.3 is 20.5 Å². The monoisotopic (exact) mass is 358 g/mol. The Balaban J connectivity index is 0.000000254. The van der Waals surface area contributed by atoms with Crippen LogP contribution in [-0.2, 0) is 4.74 Å². The number of hydrogen-bond acceptors (Lipinski definition) is 4. The molecule has 4 aliphatic rings. The molecule has 0 aromatic rings. The van der Waals surface area contributed by atoms with Crippen LogP contribution in [0.1, 0.15) is 46.5 Å². The second kappa shape index (κ2) is 7.63. The van der Waals surface area contributed by atoms with E-state index in [0.717, 1.165) is 32.6 Å². The summed E-state index contributed by atoms with van der Waals surface area (Å²) in [5, 5.41) is 17.2. The normalized spacial score (nSPS) is 43.7. The van der Waals surface area contributed by atoms with Crippen molar-refractivity contribution in [2.24, 2.45) is 23.7 Å². The molecule has 0 unspecified atom stereocenters. The maximum atomic E-state index is 10.8. The number of piperazine rings is 1. The van der Waals surface area contributed by atoms with Crippen molar-refractivity contribution in [3.05, 3.63) is 12.2 Å². The van der Waals surface area contributed by atoms with Gasteiger partial charge in [0.2, 0.25) is 0 Å². The van der Waals surface area contributed by atoms with Gasteiger partial charge in [0.25, 0.3) is 0 Å². The van der Waals surface area contributed by atoms with Crippen molar-refractivity contribution >= 4 is 12.4 Å². The van der Waals surface area contributed by atoms with Crippen LogP contribution in [0.4, 0.5) is 0 Å². The molecular formula is C19H35ClN2O2. The summed E-state index contributed by atoms with van der Waals surface area (Å²) in [6.07, 6.45) is 4.08. The van der Waals surface area contributed by atoms with E-state index in [0.29, 0.717) is 24.2 Å². The lowest BCUT2D eigenvalue weighted by molar-refractivity contribution is -0.269. The first kappa shape index (κ1) is 20.2. The predicted octanol–water partition coefficient (Wildman–Crippen LogP) is 2.71. The van der Waals surface area contributed by atoms with Crippen LogP contribution < -0.4 is 10.6 Å². The fourth-order valence-corrected chi connectivity index (χ4v) is 5.24. The van der Waals surface area contributed by atoms with Gasteiger partial charge in [0.1, 0.15) is 0 Å². The highest BCUT2D eigenvalue weighted by Gasteiger charge is 2.66. The van der Waals surface area contributed by atoms with Crippen LogP contribution in [-0.4, -0.2) is 42.7 Å². The first-order chi connectivity index (χ1) is 10.9. The van der Waals surface area contributed by atoms with Gasteiger partial charge in [-0.25, -0.2) is 0 Å². The molecule has 5 heteroatoms. The van der Waals surface area contributed by atoms with E-state index in [1.165, 1.54) is 18.4 Å². The van der Waals surface area contributed by atoms with Gasteiger partial charge in [-0.2, -0.15) is 0 Å². The maximum absolute atomic E-state index is 10.8. The quantitative estimate of drug-likeness (QED) is 0.631. The first-order valence-electron chi connectivity index (χ1n) is 9.41. The van der Waals surface area contributed by atoms with E-state index in [1.807, 2.05) is 0 Å². The van der Waals surface area contributed by atoms with Crippen molar-refractivity contribution in [3.8, 4) is 0 Å². The summed E-state index contributed by atoms with van der Waals surface area (Å²) in [6, 6.07) is 0. The Bertz CT molecular complexity index is 443. The standard InChI is InChI=1S/C15H24O2.C4H10N2.ClH/c1-9(2)13-8-14-11(4)5-6-12(14)10(3)7-15(13,16)17-14;1-2-6-4-3-5-1;/h9,11-13,16H,3,5-8H2,1-2,4H3;5-6H,1-4H2;1H/t11-,12-,13-,14-,15-;;/m0../s1. The van der Waals surface area contributed by atoms with Crippen molar-refractivity contribution in [1.29, 1.82) is 0 Å². The van der Waals surface area contributed by atoms with Gasteiger partial charge in [0.15, 0.2) is 5.79 Å². The molecule has 4 rings (SSSR count). The summed E-state index contributed by atoms with van der Waals surface area (Å²) in [5.41, 5.74) is 1.13. The van der Waals surface area contributed by atoms with Gasteiger partial charge in [-0.1, -0.05) is 32.9 Å². The summed E-state index contributed by atoms with van der Waals surface area (Å²) in [7, 11) is 0. The van der Waals surface area contributed by atoms with E-state index in [2.05, 4.69) is 38.0 Å². The van der Waals surface area contributed by atoms with Crippen molar-refractivity contribution < 1.29 is 9.84 Å². The minimum absolute atomic E-state index is 0. The number of aliphatic hydroxyl groups is 1. The minimum Gasteiger partial charge on any atom is -0.365 e. The minimum atomic E-state index is -0.930. The molecule has 0 amide bonds. The third kappa shape index (κ3) is 3.41. The van der Waals surface area contributed by atoms with Crippen molar-refractivity contribution in [2.45, 2.75) is 57.8 Å². The second-order valence-electron chi connectivity index (χ2n) is 8.32. The molecule has 3 N–H and O–H groups in total. The van der Waals surface area contributed by atoms with Crippen LogP contribution in [0.3, 0.4) is 0 Å². The number of ether oxygens (including phenoxy) is 1. The summed E-state index contributed by atoms with van der Waals surface area (Å²) < 4.78 is 6.25. The smallest absolute Gasteiger partial charge is 0.173 e. The predicted molar refractivity (Wildman–Crippen MR) is 100 cm³/mol. The molecule has 5 atom stereocenters. The highest BCUT2D eigenvalue weighted by Crippen LogP contribution is 2.63. The summed E-state index contributed by atoms with van der Waals surface area (Å²) >= 11 is 0. The molecule has 2 bridgehead atoms. The van der Waals surface area contributed by atoms with Gasteiger partial charge in [0, 0.05) is 44.4 Å². The average molecular weight is 359 g/mol. The molecule has 3 heterocycles. The zero-order chi connectivity index (χ0) is 16.7. The van der Waals surface area contributed by atoms with Gasteiger partial charge in [0.05, 0.1) is 5.60 Å². The SMILES string of the molecule is C1CNCCN1.C=C1C[C@]2(O)O[C@@]3(C[C@H]2C(C)C)[C@@H](C)CC[C@@H]13.Cl. The zero-order valence-corrected chi connectivity index (χ0v) is 16.3. The van der Waals surface area contributed by atoms with E-state index < -0.39 is 5.79 Å². The van der Waals surface area contributed by atoms with E-state index in [-0.39, 0.29) is 23.9 Å². The lowest BCUT2D eigenvalue weighted by Gasteiger charge is -2.43. The van der Waals surface area contributed by atoms with Gasteiger partial charge >= 0.3 is 0 Å². The number of nitrogens with one attached hydrogen (secondary N) is 2. The largest absolute Gasteiger partial charge is 0.365 e. The lowest BCUT2D eigenvalue weighted by Crippen LogP contribution is -2.48. The Kier molecular flexibility index (Phi) is 6.41. The Hall–Kier alpha value is -0.130. The summed E-state index contributed by atoms with van der Waals surface area (Å²) in [6.45, 7) is 15.5. The van der Waals surface area contributed by atoms with Crippen LogP contribution in [0.15, 0.2) is 12.2 Å². The molecule has 4 fully saturated rings. The van der Waals surface area contributed by atoms with Crippen LogP contribution in [0, 0.1) is 23.7 Å². The Morgan fingerprint density at radius 1 is 1.17 bits per heavy atom. The number of fused-ring (bicyclic) bond motifs is 1. The van der Waals surface area contributed by atoms with E-state index in [1.54, 1.807) is 0 Å². The molecule has 0 radical (unpaired) electrons. The molecule has 4 nitrogen and oxygen atoms in total. The fraction of sp³-hybridized carbons (Fsp3) is 0.895. The molecule has 0 aromatic heterocycles. The Morgan fingerprint density at radius 3 is 2.25 bits per heavy atom. The third-order valence-corrected chi connectivity index (χ3v) is 6.53. The van der Waals surface area contributed by atoms with Gasteiger partial charge in [-0.3, -0.25) is 0 Å². The summed E-state index contributed by atoms with van der Waals surface area (Å²) in [5.74, 6) is 0.852. The molecule has 140 valence electrons. The number of halogens is 1. The molecule has 1 saturated carbocycles. The maximum Gasteiger partial charge on any atom is 0.173 e. The van der Waals surface area contributed by atoms with E-state index in [9.17, 15) is 5.11 Å². The second-order valence-corrected chi connectivity index (χ2v) is 8.32. The van der Waals surface area contributed by atoms with Crippen molar-refractivity contribution in [1.82, 2.24) is 10.6 Å².